The van der Waals surface area contributed by atoms with Gasteiger partial charge in [0, 0.05) is 29.1 Å². The van der Waals surface area contributed by atoms with Gasteiger partial charge in [-0.15, -0.1) is 11.3 Å². The van der Waals surface area contributed by atoms with Crippen LogP contribution in [0.3, 0.4) is 0 Å². The second-order valence-corrected chi connectivity index (χ2v) is 5.60. The molecule has 21 heavy (non-hydrogen) atoms. The van der Waals surface area contributed by atoms with Crippen molar-refractivity contribution in [3.63, 3.8) is 0 Å². The van der Waals surface area contributed by atoms with Crippen molar-refractivity contribution in [2.75, 3.05) is 0 Å². The summed E-state index contributed by atoms with van der Waals surface area (Å²) in [4.78, 5) is 18.5. The first kappa shape index (κ1) is 13.3. The summed E-state index contributed by atoms with van der Waals surface area (Å²) in [6.07, 6.45) is 4.45. The molecule has 0 saturated heterocycles. The third kappa shape index (κ3) is 2.51. The summed E-state index contributed by atoms with van der Waals surface area (Å²) in [6, 6.07) is 7.99. The van der Waals surface area contributed by atoms with Gasteiger partial charge in [-0.1, -0.05) is 0 Å². The lowest BCUT2D eigenvalue weighted by Gasteiger charge is -1.99. The zero-order valence-corrected chi connectivity index (χ0v) is 11.8. The number of nitriles is 1. The van der Waals surface area contributed by atoms with Crippen LogP contribution in [-0.4, -0.2) is 21.0 Å². The summed E-state index contributed by atoms with van der Waals surface area (Å²) in [7, 11) is 0. The summed E-state index contributed by atoms with van der Waals surface area (Å²) in [5.74, 6) is -0.962. The predicted octanol–water partition coefficient (Wildman–Crippen LogP) is 3.45. The highest BCUT2D eigenvalue weighted by Gasteiger charge is 2.11. The monoisotopic (exact) mass is 297 g/mol. The van der Waals surface area contributed by atoms with E-state index in [9.17, 15) is 4.79 Å². The Morgan fingerprint density at radius 1 is 1.48 bits per heavy atom. The van der Waals surface area contributed by atoms with Crippen LogP contribution in [0.1, 0.15) is 21.7 Å². The van der Waals surface area contributed by atoms with Gasteiger partial charge in [-0.05, 0) is 30.2 Å². The Kier molecular flexibility index (Phi) is 3.42. The number of hydrogen-bond donors (Lipinski definition) is 2. The van der Waals surface area contributed by atoms with Crippen molar-refractivity contribution in [3.05, 3.63) is 41.0 Å². The van der Waals surface area contributed by atoms with Gasteiger partial charge < -0.3 is 10.1 Å². The van der Waals surface area contributed by atoms with E-state index in [4.69, 9.17) is 10.4 Å². The molecule has 3 rings (SSSR count). The van der Waals surface area contributed by atoms with Crippen molar-refractivity contribution in [1.29, 1.82) is 5.26 Å². The SMILES string of the molecule is N#CCCc1c[nH]c2ccc(-c3ncc(C(=O)O)s3)cc12. The minimum Gasteiger partial charge on any atom is -0.477 e. The highest BCUT2D eigenvalue weighted by Crippen LogP contribution is 2.29. The fourth-order valence-corrected chi connectivity index (χ4v) is 2.97. The first-order valence-electron chi connectivity index (χ1n) is 6.35. The highest BCUT2D eigenvalue weighted by atomic mass is 32.1. The number of benzene rings is 1. The first-order chi connectivity index (χ1) is 10.2. The van der Waals surface area contributed by atoms with Crippen LogP contribution in [0.4, 0.5) is 0 Å². The molecule has 0 fully saturated rings. The number of aromatic nitrogens is 2. The van der Waals surface area contributed by atoms with Crippen LogP contribution in [-0.2, 0) is 6.42 Å². The molecule has 0 spiro atoms. The van der Waals surface area contributed by atoms with Gasteiger partial charge in [-0.3, -0.25) is 0 Å². The van der Waals surface area contributed by atoms with E-state index in [1.807, 2.05) is 24.4 Å². The van der Waals surface area contributed by atoms with Gasteiger partial charge in [0.25, 0.3) is 0 Å². The maximum absolute atomic E-state index is 10.9. The van der Waals surface area contributed by atoms with Crippen LogP contribution in [0.25, 0.3) is 21.5 Å². The number of nitrogens with one attached hydrogen (secondary N) is 1. The van der Waals surface area contributed by atoms with Gasteiger partial charge in [-0.25, -0.2) is 9.78 Å². The minimum atomic E-state index is -0.962. The Morgan fingerprint density at radius 2 is 2.33 bits per heavy atom. The molecular formula is C15H11N3O2S. The molecule has 2 N–H and O–H groups in total. The number of aromatic carboxylic acids is 1. The number of aryl methyl sites for hydroxylation is 1. The molecular weight excluding hydrogens is 286 g/mol. The normalized spacial score (nSPS) is 10.6. The number of nitrogens with zero attached hydrogens (tertiary/aromatic N) is 2. The zero-order valence-electron chi connectivity index (χ0n) is 11.0. The topological polar surface area (TPSA) is 89.8 Å². The Morgan fingerprint density at radius 3 is 3.05 bits per heavy atom. The number of carboxylic acids is 1. The number of hydrogen-bond acceptors (Lipinski definition) is 4. The van der Waals surface area contributed by atoms with E-state index in [-0.39, 0.29) is 4.88 Å². The first-order valence-corrected chi connectivity index (χ1v) is 7.17. The van der Waals surface area contributed by atoms with E-state index in [0.29, 0.717) is 17.8 Å². The quantitative estimate of drug-likeness (QED) is 0.771. The molecule has 6 heteroatoms. The van der Waals surface area contributed by atoms with Gasteiger partial charge in [-0.2, -0.15) is 5.26 Å². The molecule has 0 aliphatic heterocycles. The van der Waals surface area contributed by atoms with Crippen molar-refractivity contribution in [1.82, 2.24) is 9.97 Å². The third-order valence-corrected chi connectivity index (χ3v) is 4.27. The van der Waals surface area contributed by atoms with E-state index in [2.05, 4.69) is 16.0 Å². The summed E-state index contributed by atoms with van der Waals surface area (Å²) in [6.45, 7) is 0. The largest absolute Gasteiger partial charge is 0.477 e. The number of carboxylic acid groups (broad SMARTS) is 1. The molecule has 0 aliphatic carbocycles. The molecule has 0 unspecified atom stereocenters. The molecule has 0 radical (unpaired) electrons. The van der Waals surface area contributed by atoms with Crippen molar-refractivity contribution in [2.24, 2.45) is 0 Å². The van der Waals surface area contributed by atoms with Crippen molar-refractivity contribution >= 4 is 28.2 Å². The fourth-order valence-electron chi connectivity index (χ4n) is 2.22. The molecule has 3 aromatic rings. The molecule has 1 aromatic carbocycles. The Labute approximate surface area is 124 Å². The molecule has 0 saturated carbocycles. The molecule has 0 aliphatic rings. The maximum atomic E-state index is 10.9. The molecule has 5 nitrogen and oxygen atoms in total. The van der Waals surface area contributed by atoms with Gasteiger partial charge >= 0.3 is 5.97 Å². The average molecular weight is 297 g/mol. The van der Waals surface area contributed by atoms with Gasteiger partial charge in [0.05, 0.1) is 12.3 Å². The van der Waals surface area contributed by atoms with E-state index >= 15 is 0 Å². The van der Waals surface area contributed by atoms with Crippen LogP contribution in [0.5, 0.6) is 0 Å². The average Bonchev–Trinajstić information content (AvgIpc) is 3.11. The minimum absolute atomic E-state index is 0.226. The van der Waals surface area contributed by atoms with E-state index < -0.39 is 5.97 Å². The molecule has 2 aromatic heterocycles. The number of H-pyrrole nitrogens is 1. The zero-order chi connectivity index (χ0) is 14.8. The third-order valence-electron chi connectivity index (χ3n) is 3.24. The number of fused-ring (bicyclic) bond motifs is 1. The van der Waals surface area contributed by atoms with Crippen molar-refractivity contribution < 1.29 is 9.90 Å². The molecule has 2 heterocycles. The second kappa shape index (κ2) is 5.38. The summed E-state index contributed by atoms with van der Waals surface area (Å²) in [5.41, 5.74) is 2.97. The Bertz CT molecular complexity index is 857. The van der Waals surface area contributed by atoms with E-state index in [1.165, 1.54) is 6.20 Å². The lowest BCUT2D eigenvalue weighted by molar-refractivity contribution is 0.0702. The Hall–Kier alpha value is -2.65. The molecule has 0 atom stereocenters. The standard InChI is InChI=1S/C15H11N3O2S/c16-5-1-2-10-7-17-12-4-3-9(6-11(10)12)14-18-8-13(21-14)15(19)20/h3-4,6-8,17H,1-2H2,(H,19,20). The number of carbonyl (C=O) groups is 1. The van der Waals surface area contributed by atoms with Crippen molar-refractivity contribution in [2.45, 2.75) is 12.8 Å². The number of aromatic amines is 1. The second-order valence-electron chi connectivity index (χ2n) is 4.57. The fraction of sp³-hybridized carbons (Fsp3) is 0.133. The van der Waals surface area contributed by atoms with Gasteiger partial charge in [0.1, 0.15) is 9.88 Å². The number of rotatable bonds is 4. The lowest BCUT2D eigenvalue weighted by atomic mass is 10.1. The highest BCUT2D eigenvalue weighted by molar-refractivity contribution is 7.16. The van der Waals surface area contributed by atoms with Crippen LogP contribution >= 0.6 is 11.3 Å². The summed E-state index contributed by atoms with van der Waals surface area (Å²) >= 11 is 1.16. The van der Waals surface area contributed by atoms with Crippen LogP contribution in [0.15, 0.2) is 30.6 Å². The smallest absolute Gasteiger partial charge is 0.347 e. The molecule has 0 bridgehead atoms. The number of thiazole rings is 1. The molecule has 0 amide bonds. The van der Waals surface area contributed by atoms with Gasteiger partial charge in [0.15, 0.2) is 0 Å². The predicted molar refractivity (Wildman–Crippen MR) is 80.3 cm³/mol. The maximum Gasteiger partial charge on any atom is 0.347 e. The van der Waals surface area contributed by atoms with E-state index in [0.717, 1.165) is 33.4 Å². The summed E-state index contributed by atoms with van der Waals surface area (Å²) < 4.78 is 0. The van der Waals surface area contributed by atoms with E-state index in [1.54, 1.807) is 0 Å². The lowest BCUT2D eigenvalue weighted by Crippen LogP contribution is -1.89. The Balaban J connectivity index is 2.02. The van der Waals surface area contributed by atoms with Crippen LogP contribution in [0, 0.1) is 11.3 Å². The molecule has 104 valence electrons. The van der Waals surface area contributed by atoms with Crippen LogP contribution in [0.2, 0.25) is 0 Å². The van der Waals surface area contributed by atoms with Crippen LogP contribution < -0.4 is 0 Å². The van der Waals surface area contributed by atoms with Gasteiger partial charge in [0.2, 0.25) is 0 Å². The van der Waals surface area contributed by atoms with Crippen molar-refractivity contribution in [3.8, 4) is 16.6 Å². The summed E-state index contributed by atoms with van der Waals surface area (Å²) in [5, 5.41) is 19.4.